The molecule has 1 saturated heterocycles. The second-order valence-corrected chi connectivity index (χ2v) is 4.70. The van der Waals surface area contributed by atoms with E-state index < -0.39 is 0 Å². The lowest BCUT2D eigenvalue weighted by Gasteiger charge is -2.30. The Labute approximate surface area is 67.9 Å². The van der Waals surface area contributed by atoms with Gasteiger partial charge in [-0.2, -0.15) is 0 Å². The van der Waals surface area contributed by atoms with Crippen LogP contribution in [0.1, 0.15) is 27.2 Å². The first-order chi connectivity index (χ1) is 5.02. The van der Waals surface area contributed by atoms with Crippen molar-refractivity contribution in [3.8, 4) is 0 Å². The third-order valence-corrected chi connectivity index (χ3v) is 3.25. The predicted octanol–water partition coefficient (Wildman–Crippen LogP) is 1.62. The van der Waals surface area contributed by atoms with Gasteiger partial charge in [0, 0.05) is 12.5 Å². The van der Waals surface area contributed by atoms with Crippen LogP contribution in [0.15, 0.2) is 0 Å². The molecule has 1 aliphatic heterocycles. The Hall–Kier alpha value is -0.530. The second kappa shape index (κ2) is 1.79. The first-order valence-electron chi connectivity index (χ1n) is 4.36. The highest BCUT2D eigenvalue weighted by molar-refractivity contribution is 5.81. The molecule has 0 aromatic carbocycles. The minimum Gasteiger partial charge on any atom is -0.371 e. The molecular formula is C9H16N2. The van der Waals surface area contributed by atoms with Crippen LogP contribution < -0.4 is 5.32 Å². The molecule has 1 heterocycles. The zero-order valence-electron chi connectivity index (χ0n) is 7.44. The normalized spacial score (nSPS) is 46.1. The van der Waals surface area contributed by atoms with Crippen molar-refractivity contribution in [3.05, 3.63) is 0 Å². The van der Waals surface area contributed by atoms with E-state index in [1.165, 1.54) is 0 Å². The molecule has 1 unspecified atom stereocenters. The van der Waals surface area contributed by atoms with E-state index >= 15 is 0 Å². The quantitative estimate of drug-likeness (QED) is 0.543. The summed E-state index contributed by atoms with van der Waals surface area (Å²) in [6.45, 7) is 6.84. The van der Waals surface area contributed by atoms with E-state index in [-0.39, 0.29) is 0 Å². The predicted molar refractivity (Wildman–Crippen MR) is 45.7 cm³/mol. The maximum Gasteiger partial charge on any atom is 0.0939 e. The second-order valence-electron chi connectivity index (χ2n) is 4.70. The third-order valence-electron chi connectivity index (χ3n) is 3.25. The van der Waals surface area contributed by atoms with Crippen LogP contribution in [-0.4, -0.2) is 11.9 Å². The van der Waals surface area contributed by atoms with E-state index in [0.29, 0.717) is 11.5 Å². The molecule has 3 atom stereocenters. The van der Waals surface area contributed by atoms with Crippen molar-refractivity contribution in [2.45, 2.75) is 33.2 Å². The van der Waals surface area contributed by atoms with E-state index in [0.717, 1.165) is 24.1 Å². The van der Waals surface area contributed by atoms with Crippen molar-refractivity contribution in [3.63, 3.8) is 0 Å². The fourth-order valence-electron chi connectivity index (χ4n) is 2.71. The topological polar surface area (TPSA) is 35.9 Å². The van der Waals surface area contributed by atoms with Gasteiger partial charge < -0.3 is 5.32 Å². The Morgan fingerprint density at radius 3 is 2.73 bits per heavy atom. The largest absolute Gasteiger partial charge is 0.371 e. The maximum absolute atomic E-state index is 7.58. The van der Waals surface area contributed by atoms with E-state index in [2.05, 4.69) is 26.1 Å². The Kier molecular flexibility index (Phi) is 1.16. The van der Waals surface area contributed by atoms with Gasteiger partial charge in [0.2, 0.25) is 0 Å². The van der Waals surface area contributed by atoms with Crippen LogP contribution in [0.5, 0.6) is 0 Å². The van der Waals surface area contributed by atoms with Gasteiger partial charge in [0.05, 0.1) is 5.84 Å². The van der Waals surface area contributed by atoms with Gasteiger partial charge in [-0.15, -0.1) is 0 Å². The van der Waals surface area contributed by atoms with E-state index in [9.17, 15) is 0 Å². The molecule has 2 rings (SSSR count). The van der Waals surface area contributed by atoms with Crippen LogP contribution in [0.25, 0.3) is 0 Å². The molecular weight excluding hydrogens is 136 g/mol. The van der Waals surface area contributed by atoms with Gasteiger partial charge in [0.15, 0.2) is 0 Å². The molecule has 2 N–H and O–H groups in total. The molecule has 1 aliphatic carbocycles. The number of piperidine rings is 1. The van der Waals surface area contributed by atoms with Crippen molar-refractivity contribution in [2.24, 2.45) is 17.3 Å². The monoisotopic (exact) mass is 152 g/mol. The van der Waals surface area contributed by atoms with Gasteiger partial charge in [-0.1, -0.05) is 20.8 Å². The van der Waals surface area contributed by atoms with Crippen LogP contribution in [-0.2, 0) is 0 Å². The van der Waals surface area contributed by atoms with Gasteiger partial charge in [-0.3, -0.25) is 5.41 Å². The first kappa shape index (κ1) is 7.14. The van der Waals surface area contributed by atoms with Crippen molar-refractivity contribution in [2.75, 3.05) is 0 Å². The fraction of sp³-hybridized carbons (Fsp3) is 0.889. The number of hydrogen-bond donors (Lipinski definition) is 2. The lowest BCUT2D eigenvalue weighted by molar-refractivity contribution is 0.285. The standard InChI is InChI=1S/C9H16N2/c1-5-7-8(5)11-6(10)4-9(7,2)3/h5,7-8H,4H2,1-3H3,(H2,10,11)/t5?,7-,8-/m1/s1. The maximum atomic E-state index is 7.58. The molecule has 2 heteroatoms. The highest BCUT2D eigenvalue weighted by Crippen LogP contribution is 2.54. The van der Waals surface area contributed by atoms with Crippen molar-refractivity contribution in [1.29, 1.82) is 5.41 Å². The summed E-state index contributed by atoms with van der Waals surface area (Å²) in [5.41, 5.74) is 0.367. The number of rotatable bonds is 0. The van der Waals surface area contributed by atoms with Crippen LogP contribution in [0.3, 0.4) is 0 Å². The molecule has 2 nitrogen and oxygen atoms in total. The molecule has 0 aromatic rings. The highest BCUT2D eigenvalue weighted by Gasteiger charge is 2.57. The van der Waals surface area contributed by atoms with E-state index in [1.54, 1.807) is 0 Å². The SMILES string of the molecule is CC1[C@H]2NC(=N)CC(C)(C)[C@H]12. The molecule has 0 radical (unpaired) electrons. The zero-order chi connectivity index (χ0) is 8.22. The van der Waals surface area contributed by atoms with Gasteiger partial charge in [-0.05, 0) is 17.3 Å². The number of hydrogen-bond acceptors (Lipinski definition) is 1. The summed E-state index contributed by atoms with van der Waals surface area (Å²) in [7, 11) is 0. The van der Waals surface area contributed by atoms with E-state index in [4.69, 9.17) is 5.41 Å². The average molecular weight is 152 g/mol. The summed E-state index contributed by atoms with van der Waals surface area (Å²) in [6.07, 6.45) is 0.929. The molecule has 2 fully saturated rings. The summed E-state index contributed by atoms with van der Waals surface area (Å²) in [4.78, 5) is 0. The van der Waals surface area contributed by atoms with Gasteiger partial charge in [-0.25, -0.2) is 0 Å². The van der Waals surface area contributed by atoms with Crippen LogP contribution in [0, 0.1) is 22.7 Å². The van der Waals surface area contributed by atoms with Crippen LogP contribution in [0.2, 0.25) is 0 Å². The van der Waals surface area contributed by atoms with Crippen LogP contribution >= 0.6 is 0 Å². The Bertz CT molecular complexity index is 208. The number of fused-ring (bicyclic) bond motifs is 1. The lowest BCUT2D eigenvalue weighted by atomic mass is 9.80. The van der Waals surface area contributed by atoms with Gasteiger partial charge in [0.1, 0.15) is 0 Å². The molecule has 0 amide bonds. The zero-order valence-corrected chi connectivity index (χ0v) is 7.44. The summed E-state index contributed by atoms with van der Waals surface area (Å²) in [5, 5.41) is 10.8. The average Bonchev–Trinajstić information content (AvgIpc) is 2.39. The minimum absolute atomic E-state index is 0.367. The van der Waals surface area contributed by atoms with E-state index in [1.807, 2.05) is 0 Å². The molecule has 0 bridgehead atoms. The minimum atomic E-state index is 0.367. The lowest BCUT2D eigenvalue weighted by Crippen LogP contribution is -2.38. The Morgan fingerprint density at radius 2 is 2.18 bits per heavy atom. The third kappa shape index (κ3) is 0.883. The molecule has 11 heavy (non-hydrogen) atoms. The van der Waals surface area contributed by atoms with Gasteiger partial charge >= 0.3 is 0 Å². The van der Waals surface area contributed by atoms with Gasteiger partial charge in [0.25, 0.3) is 0 Å². The Balaban J connectivity index is 2.19. The molecule has 0 spiro atoms. The molecule has 1 saturated carbocycles. The molecule has 2 aliphatic rings. The highest BCUT2D eigenvalue weighted by atomic mass is 15.1. The summed E-state index contributed by atoms with van der Waals surface area (Å²) < 4.78 is 0. The van der Waals surface area contributed by atoms with Crippen molar-refractivity contribution in [1.82, 2.24) is 5.32 Å². The summed E-state index contributed by atoms with van der Waals surface area (Å²) >= 11 is 0. The molecule has 0 aromatic heterocycles. The number of nitrogens with one attached hydrogen (secondary N) is 2. The molecule has 62 valence electrons. The van der Waals surface area contributed by atoms with Crippen molar-refractivity contribution < 1.29 is 0 Å². The fourth-order valence-corrected chi connectivity index (χ4v) is 2.71. The Morgan fingerprint density at radius 1 is 1.55 bits per heavy atom. The smallest absolute Gasteiger partial charge is 0.0939 e. The van der Waals surface area contributed by atoms with Crippen molar-refractivity contribution >= 4 is 5.84 Å². The summed E-state index contributed by atoms with van der Waals surface area (Å²) in [6, 6.07) is 0.617. The summed E-state index contributed by atoms with van der Waals surface area (Å²) in [5.74, 6) is 2.34. The first-order valence-corrected chi connectivity index (χ1v) is 4.36. The number of amidine groups is 1. The van der Waals surface area contributed by atoms with Crippen LogP contribution in [0.4, 0.5) is 0 Å².